The molecule has 4 rings (SSSR count). The first kappa shape index (κ1) is 15.4. The molecule has 0 unspecified atom stereocenters. The molecule has 0 aliphatic carbocycles. The largest absolute Gasteiger partial charge is 0.285 e. The van der Waals surface area contributed by atoms with Crippen molar-refractivity contribution in [3.63, 3.8) is 0 Å². The predicted octanol–water partition coefficient (Wildman–Crippen LogP) is 3.80. The maximum atomic E-state index is 12.8. The fourth-order valence-corrected chi connectivity index (χ4v) is 3.76. The SMILES string of the molecule is O=S(=O)(Nc1c(-c2ccccc2)nc2ccccn12)c1ccccc1. The molecule has 0 radical (unpaired) electrons. The van der Waals surface area contributed by atoms with E-state index >= 15 is 0 Å². The van der Waals surface area contributed by atoms with Crippen LogP contribution < -0.4 is 4.72 Å². The summed E-state index contributed by atoms with van der Waals surface area (Å²) in [5, 5.41) is 0. The topological polar surface area (TPSA) is 63.5 Å². The number of sulfonamides is 1. The van der Waals surface area contributed by atoms with Crippen LogP contribution in [-0.4, -0.2) is 17.8 Å². The van der Waals surface area contributed by atoms with E-state index < -0.39 is 10.0 Å². The second-order valence-electron chi connectivity index (χ2n) is 5.52. The van der Waals surface area contributed by atoms with Crippen LogP contribution in [0.2, 0.25) is 0 Å². The summed E-state index contributed by atoms with van der Waals surface area (Å²) < 4.78 is 30.0. The lowest BCUT2D eigenvalue weighted by Gasteiger charge is -2.10. The van der Waals surface area contributed by atoms with Gasteiger partial charge in [-0.15, -0.1) is 0 Å². The number of nitrogens with zero attached hydrogens (tertiary/aromatic N) is 2. The Morgan fingerprint density at radius 1 is 0.800 bits per heavy atom. The van der Waals surface area contributed by atoms with Gasteiger partial charge < -0.3 is 0 Å². The van der Waals surface area contributed by atoms with Gasteiger partial charge in [-0.3, -0.25) is 9.12 Å². The number of anilines is 1. The molecule has 0 spiro atoms. The number of rotatable bonds is 4. The maximum absolute atomic E-state index is 12.8. The van der Waals surface area contributed by atoms with Crippen molar-refractivity contribution < 1.29 is 8.42 Å². The fourth-order valence-electron chi connectivity index (χ4n) is 2.68. The molecule has 1 N–H and O–H groups in total. The fraction of sp³-hybridized carbons (Fsp3) is 0. The van der Waals surface area contributed by atoms with E-state index in [0.717, 1.165) is 5.56 Å². The zero-order valence-electron chi connectivity index (χ0n) is 13.2. The van der Waals surface area contributed by atoms with Gasteiger partial charge in [0.1, 0.15) is 11.3 Å². The lowest BCUT2D eigenvalue weighted by atomic mass is 10.1. The number of nitrogens with one attached hydrogen (secondary N) is 1. The zero-order chi connectivity index (χ0) is 17.3. The summed E-state index contributed by atoms with van der Waals surface area (Å²) in [6, 6.07) is 23.4. The Morgan fingerprint density at radius 3 is 2.16 bits per heavy atom. The first-order chi connectivity index (χ1) is 12.1. The highest BCUT2D eigenvalue weighted by Crippen LogP contribution is 2.30. The number of imidazole rings is 1. The molecule has 4 aromatic rings. The summed E-state index contributed by atoms with van der Waals surface area (Å²) in [5.74, 6) is 0.422. The molecular formula is C19H15N3O2S. The van der Waals surface area contributed by atoms with Crippen molar-refractivity contribution in [2.75, 3.05) is 4.72 Å². The maximum Gasteiger partial charge on any atom is 0.263 e. The Bertz CT molecular complexity index is 1120. The van der Waals surface area contributed by atoms with Crippen molar-refractivity contribution in [2.45, 2.75) is 4.90 Å². The van der Waals surface area contributed by atoms with Crippen molar-refractivity contribution in [3.05, 3.63) is 85.1 Å². The lowest BCUT2D eigenvalue weighted by Crippen LogP contribution is -2.14. The zero-order valence-corrected chi connectivity index (χ0v) is 14.0. The third-order valence-corrected chi connectivity index (χ3v) is 5.22. The van der Waals surface area contributed by atoms with Crippen LogP contribution in [0.25, 0.3) is 16.9 Å². The highest BCUT2D eigenvalue weighted by Gasteiger charge is 2.20. The van der Waals surface area contributed by atoms with Gasteiger partial charge in [0.25, 0.3) is 10.0 Å². The Hall–Kier alpha value is -3.12. The minimum Gasteiger partial charge on any atom is -0.285 e. The highest BCUT2D eigenvalue weighted by atomic mass is 32.2. The Kier molecular flexibility index (Phi) is 3.74. The van der Waals surface area contributed by atoms with E-state index in [1.165, 1.54) is 0 Å². The molecule has 25 heavy (non-hydrogen) atoms. The molecule has 0 aliphatic rings. The minimum absolute atomic E-state index is 0.208. The molecule has 0 aliphatic heterocycles. The molecular weight excluding hydrogens is 334 g/mol. The highest BCUT2D eigenvalue weighted by molar-refractivity contribution is 7.92. The van der Waals surface area contributed by atoms with Gasteiger partial charge in [-0.2, -0.15) is 0 Å². The molecule has 0 saturated heterocycles. The van der Waals surface area contributed by atoms with Gasteiger partial charge in [-0.25, -0.2) is 13.4 Å². The van der Waals surface area contributed by atoms with Crippen molar-refractivity contribution >= 4 is 21.5 Å². The molecule has 6 heteroatoms. The van der Waals surface area contributed by atoms with Crippen LogP contribution in [0, 0.1) is 0 Å². The molecule has 0 bridgehead atoms. The summed E-state index contributed by atoms with van der Waals surface area (Å²) in [6.45, 7) is 0. The van der Waals surface area contributed by atoms with E-state index in [-0.39, 0.29) is 4.90 Å². The summed E-state index contributed by atoms with van der Waals surface area (Å²) >= 11 is 0. The van der Waals surface area contributed by atoms with E-state index in [0.29, 0.717) is 17.2 Å². The lowest BCUT2D eigenvalue weighted by molar-refractivity contribution is 0.601. The van der Waals surface area contributed by atoms with Crippen LogP contribution in [0.1, 0.15) is 0 Å². The van der Waals surface area contributed by atoms with Crippen molar-refractivity contribution in [3.8, 4) is 11.3 Å². The summed E-state index contributed by atoms with van der Waals surface area (Å²) in [6.07, 6.45) is 1.79. The number of pyridine rings is 1. The summed E-state index contributed by atoms with van der Waals surface area (Å²) in [7, 11) is -3.72. The average Bonchev–Trinajstić information content (AvgIpc) is 3.01. The predicted molar refractivity (Wildman–Crippen MR) is 97.9 cm³/mol. The van der Waals surface area contributed by atoms with Crippen molar-refractivity contribution in [1.29, 1.82) is 0 Å². The minimum atomic E-state index is -3.72. The third-order valence-electron chi connectivity index (χ3n) is 3.86. The molecule has 5 nitrogen and oxygen atoms in total. The van der Waals surface area contributed by atoms with Crippen LogP contribution in [0.4, 0.5) is 5.82 Å². The number of hydrogen-bond acceptors (Lipinski definition) is 3. The van der Waals surface area contributed by atoms with Crippen molar-refractivity contribution in [2.24, 2.45) is 0 Å². The van der Waals surface area contributed by atoms with Gasteiger partial charge in [0.05, 0.1) is 4.90 Å². The third kappa shape index (κ3) is 2.88. The second-order valence-corrected chi connectivity index (χ2v) is 7.20. The van der Waals surface area contributed by atoms with Gasteiger partial charge >= 0.3 is 0 Å². The number of benzene rings is 2. The number of fused-ring (bicyclic) bond motifs is 1. The monoisotopic (exact) mass is 349 g/mol. The van der Waals surface area contributed by atoms with Gasteiger partial charge in [0.2, 0.25) is 0 Å². The van der Waals surface area contributed by atoms with E-state index in [1.54, 1.807) is 40.9 Å². The Labute approximate surface area is 145 Å². The van der Waals surface area contributed by atoms with Crippen LogP contribution >= 0.6 is 0 Å². The molecule has 2 heterocycles. The van der Waals surface area contributed by atoms with Crippen LogP contribution in [-0.2, 0) is 10.0 Å². The normalized spacial score (nSPS) is 11.5. The molecule has 0 saturated carbocycles. The number of hydrogen-bond donors (Lipinski definition) is 1. The van der Waals surface area contributed by atoms with Crippen LogP contribution in [0.15, 0.2) is 90.0 Å². The standard InChI is InChI=1S/C19H15N3O2S/c23-25(24,16-11-5-2-6-12-16)21-19-18(15-9-3-1-4-10-15)20-17-13-7-8-14-22(17)19/h1-14,21H. The van der Waals surface area contributed by atoms with E-state index in [4.69, 9.17) is 0 Å². The molecule has 124 valence electrons. The van der Waals surface area contributed by atoms with E-state index in [9.17, 15) is 8.42 Å². The Morgan fingerprint density at radius 2 is 1.44 bits per heavy atom. The quantitative estimate of drug-likeness (QED) is 0.609. The first-order valence-electron chi connectivity index (χ1n) is 7.75. The first-order valence-corrected chi connectivity index (χ1v) is 9.24. The number of aromatic nitrogens is 2. The van der Waals surface area contributed by atoms with Crippen LogP contribution in [0.5, 0.6) is 0 Å². The summed E-state index contributed by atoms with van der Waals surface area (Å²) in [5.41, 5.74) is 2.11. The molecule has 0 amide bonds. The smallest absolute Gasteiger partial charge is 0.263 e. The van der Waals surface area contributed by atoms with E-state index in [2.05, 4.69) is 9.71 Å². The molecule has 2 aromatic heterocycles. The van der Waals surface area contributed by atoms with Crippen molar-refractivity contribution in [1.82, 2.24) is 9.38 Å². The van der Waals surface area contributed by atoms with Crippen LogP contribution in [0.3, 0.4) is 0 Å². The molecule has 0 fully saturated rings. The van der Waals surface area contributed by atoms with E-state index in [1.807, 2.05) is 48.5 Å². The molecule has 0 atom stereocenters. The van der Waals surface area contributed by atoms with Gasteiger partial charge in [-0.05, 0) is 24.3 Å². The molecule has 2 aromatic carbocycles. The Balaban J connectivity index is 1.89. The second kappa shape index (κ2) is 6.07. The van der Waals surface area contributed by atoms with Gasteiger partial charge in [-0.1, -0.05) is 54.6 Å². The van der Waals surface area contributed by atoms with Gasteiger partial charge in [0, 0.05) is 11.8 Å². The average molecular weight is 349 g/mol. The summed E-state index contributed by atoms with van der Waals surface area (Å²) in [4.78, 5) is 4.81. The van der Waals surface area contributed by atoms with Gasteiger partial charge in [0.15, 0.2) is 5.82 Å².